The lowest BCUT2D eigenvalue weighted by Crippen LogP contribution is -2.43. The zero-order valence-corrected chi connectivity index (χ0v) is 18.4. The summed E-state index contributed by atoms with van der Waals surface area (Å²) in [5.74, 6) is 2.24. The van der Waals surface area contributed by atoms with Gasteiger partial charge in [0.2, 0.25) is 5.95 Å². The Morgan fingerprint density at radius 3 is 2.78 bits per heavy atom. The van der Waals surface area contributed by atoms with Gasteiger partial charge in [-0.3, -0.25) is 9.88 Å². The number of anilines is 2. The molecule has 2 N–H and O–H groups in total. The molecule has 164 valence electrons. The molecule has 32 heavy (non-hydrogen) atoms. The molecule has 1 aliphatic heterocycles. The molecule has 1 aromatic carbocycles. The van der Waals surface area contributed by atoms with E-state index in [0.717, 1.165) is 66.5 Å². The van der Waals surface area contributed by atoms with Crippen molar-refractivity contribution in [1.29, 1.82) is 0 Å². The molecule has 0 bridgehead atoms. The minimum absolute atomic E-state index is 0.666. The van der Waals surface area contributed by atoms with Crippen molar-refractivity contribution in [2.45, 2.75) is 6.54 Å². The number of pyridine rings is 2. The van der Waals surface area contributed by atoms with E-state index in [1.54, 1.807) is 13.3 Å². The van der Waals surface area contributed by atoms with E-state index in [2.05, 4.69) is 60.3 Å². The first-order chi connectivity index (χ1) is 15.7. The molecule has 1 fully saturated rings. The van der Waals surface area contributed by atoms with Crippen LogP contribution in [-0.2, 0) is 6.54 Å². The topological polar surface area (TPSA) is 82.2 Å². The number of nitrogens with zero attached hydrogens (tertiary/aromatic N) is 5. The van der Waals surface area contributed by atoms with Gasteiger partial charge in [0, 0.05) is 56.9 Å². The van der Waals surface area contributed by atoms with Gasteiger partial charge >= 0.3 is 0 Å². The van der Waals surface area contributed by atoms with Crippen molar-refractivity contribution in [3.05, 3.63) is 60.6 Å². The summed E-state index contributed by atoms with van der Waals surface area (Å²) in [5, 5.41) is 3.32. The number of aromatic amines is 1. The average molecular weight is 430 g/mol. The molecule has 8 heteroatoms. The molecule has 4 aromatic rings. The highest BCUT2D eigenvalue weighted by Crippen LogP contribution is 2.31. The number of likely N-dealkylation sites (N-methyl/N-ethyl adjacent to an activating group) is 1. The maximum absolute atomic E-state index is 5.47. The highest BCUT2D eigenvalue weighted by Gasteiger charge is 2.14. The number of piperazine rings is 1. The summed E-state index contributed by atoms with van der Waals surface area (Å²) in [4.78, 5) is 21.6. The minimum Gasteiger partial charge on any atom is -0.496 e. The molecular formula is C24H27N7O. The van der Waals surface area contributed by atoms with Crippen molar-refractivity contribution in [3.63, 3.8) is 0 Å². The number of benzene rings is 1. The summed E-state index contributed by atoms with van der Waals surface area (Å²) in [7, 11) is 3.84. The third-order valence-electron chi connectivity index (χ3n) is 5.87. The van der Waals surface area contributed by atoms with Gasteiger partial charge in [-0.2, -0.15) is 0 Å². The Balaban J connectivity index is 1.33. The number of H-pyrrole nitrogens is 1. The smallest absolute Gasteiger partial charge is 0.206 e. The highest BCUT2D eigenvalue weighted by atomic mass is 16.5. The normalized spacial score (nSPS) is 15.2. The number of rotatable bonds is 6. The SMILES string of the molecule is COc1ccncc1-c1ccc2nc(Nc3cc(CN4CCN(C)CC4)ccn3)[nH]c2c1. The molecule has 5 rings (SSSR count). The molecular weight excluding hydrogens is 402 g/mol. The number of aromatic nitrogens is 4. The second-order valence-electron chi connectivity index (χ2n) is 8.15. The number of methoxy groups -OCH3 is 1. The van der Waals surface area contributed by atoms with Crippen molar-refractivity contribution in [1.82, 2.24) is 29.7 Å². The molecule has 1 aliphatic rings. The van der Waals surface area contributed by atoms with Crippen LogP contribution in [0.1, 0.15) is 5.56 Å². The second kappa shape index (κ2) is 8.94. The fourth-order valence-corrected chi connectivity index (χ4v) is 4.04. The van der Waals surface area contributed by atoms with Crippen LogP contribution in [0.2, 0.25) is 0 Å². The number of hydrogen-bond acceptors (Lipinski definition) is 7. The Morgan fingerprint density at radius 1 is 1.06 bits per heavy atom. The van der Waals surface area contributed by atoms with Crippen LogP contribution >= 0.6 is 0 Å². The van der Waals surface area contributed by atoms with E-state index in [9.17, 15) is 0 Å². The number of hydrogen-bond donors (Lipinski definition) is 2. The van der Waals surface area contributed by atoms with E-state index in [1.165, 1.54) is 5.56 Å². The van der Waals surface area contributed by atoms with Crippen LogP contribution in [0.4, 0.5) is 11.8 Å². The Bertz CT molecular complexity index is 1210. The van der Waals surface area contributed by atoms with Gasteiger partial charge in [0.15, 0.2) is 0 Å². The summed E-state index contributed by atoms with van der Waals surface area (Å²) in [6.07, 6.45) is 5.39. The van der Waals surface area contributed by atoms with Crippen LogP contribution < -0.4 is 10.1 Å². The Morgan fingerprint density at radius 2 is 1.94 bits per heavy atom. The number of nitrogens with one attached hydrogen (secondary N) is 2. The van der Waals surface area contributed by atoms with Crippen molar-refractivity contribution in [2.24, 2.45) is 0 Å². The quantitative estimate of drug-likeness (QED) is 0.485. The lowest BCUT2D eigenvalue weighted by atomic mass is 10.1. The Labute approximate surface area is 187 Å². The maximum Gasteiger partial charge on any atom is 0.206 e. The van der Waals surface area contributed by atoms with Gasteiger partial charge in [-0.05, 0) is 48.5 Å². The highest BCUT2D eigenvalue weighted by molar-refractivity contribution is 5.85. The predicted octanol–water partition coefficient (Wildman–Crippen LogP) is 3.52. The monoisotopic (exact) mass is 429 g/mol. The summed E-state index contributed by atoms with van der Waals surface area (Å²) >= 11 is 0. The summed E-state index contributed by atoms with van der Waals surface area (Å²) in [5.41, 5.74) is 5.02. The van der Waals surface area contributed by atoms with Crippen LogP contribution in [0.5, 0.6) is 5.75 Å². The molecule has 0 atom stereocenters. The van der Waals surface area contributed by atoms with Crippen LogP contribution in [0, 0.1) is 0 Å². The molecule has 0 amide bonds. The van der Waals surface area contributed by atoms with Crippen molar-refractivity contribution < 1.29 is 4.74 Å². The molecule has 0 saturated carbocycles. The van der Waals surface area contributed by atoms with Crippen molar-refractivity contribution in [2.75, 3.05) is 45.7 Å². The average Bonchev–Trinajstić information content (AvgIpc) is 3.22. The molecule has 1 saturated heterocycles. The second-order valence-corrected chi connectivity index (χ2v) is 8.15. The van der Waals surface area contributed by atoms with Gasteiger partial charge in [-0.1, -0.05) is 6.07 Å². The summed E-state index contributed by atoms with van der Waals surface area (Å²) in [6.45, 7) is 5.34. The zero-order chi connectivity index (χ0) is 21.9. The van der Waals surface area contributed by atoms with Gasteiger partial charge in [0.1, 0.15) is 11.6 Å². The van der Waals surface area contributed by atoms with Gasteiger partial charge in [0.25, 0.3) is 0 Å². The zero-order valence-electron chi connectivity index (χ0n) is 18.4. The Kier molecular flexibility index (Phi) is 5.70. The van der Waals surface area contributed by atoms with E-state index < -0.39 is 0 Å². The molecule has 0 unspecified atom stereocenters. The fraction of sp³-hybridized carbons (Fsp3) is 0.292. The Hall–Kier alpha value is -3.49. The lowest BCUT2D eigenvalue weighted by Gasteiger charge is -2.32. The van der Waals surface area contributed by atoms with Crippen LogP contribution in [0.15, 0.2) is 55.0 Å². The third kappa shape index (κ3) is 4.42. The number of imidazole rings is 1. The van der Waals surface area contributed by atoms with Gasteiger partial charge < -0.3 is 19.9 Å². The predicted molar refractivity (Wildman–Crippen MR) is 126 cm³/mol. The molecule has 0 aliphatic carbocycles. The van der Waals surface area contributed by atoms with E-state index >= 15 is 0 Å². The van der Waals surface area contributed by atoms with Gasteiger partial charge in [0.05, 0.1) is 18.1 Å². The van der Waals surface area contributed by atoms with E-state index in [1.807, 2.05) is 30.6 Å². The first-order valence-electron chi connectivity index (χ1n) is 10.8. The van der Waals surface area contributed by atoms with Crippen LogP contribution in [0.25, 0.3) is 22.2 Å². The third-order valence-corrected chi connectivity index (χ3v) is 5.87. The maximum atomic E-state index is 5.47. The van der Waals surface area contributed by atoms with E-state index in [-0.39, 0.29) is 0 Å². The van der Waals surface area contributed by atoms with Crippen LogP contribution in [-0.4, -0.2) is 70.1 Å². The summed E-state index contributed by atoms with van der Waals surface area (Å²) < 4.78 is 5.47. The molecule has 3 aromatic heterocycles. The fourth-order valence-electron chi connectivity index (χ4n) is 4.04. The van der Waals surface area contributed by atoms with E-state index in [4.69, 9.17) is 4.74 Å². The van der Waals surface area contributed by atoms with Crippen molar-refractivity contribution in [3.8, 4) is 16.9 Å². The molecule has 0 spiro atoms. The first-order valence-corrected chi connectivity index (χ1v) is 10.8. The largest absolute Gasteiger partial charge is 0.496 e. The number of ether oxygens (including phenoxy) is 1. The first kappa shape index (κ1) is 20.4. The van der Waals surface area contributed by atoms with E-state index in [0.29, 0.717) is 5.95 Å². The van der Waals surface area contributed by atoms with Gasteiger partial charge in [-0.25, -0.2) is 9.97 Å². The molecule has 4 heterocycles. The lowest BCUT2D eigenvalue weighted by molar-refractivity contribution is 0.148. The van der Waals surface area contributed by atoms with Crippen LogP contribution in [0.3, 0.4) is 0 Å². The molecule has 0 radical (unpaired) electrons. The standard InChI is InChI=1S/C24H27N7O/c1-30-9-11-31(12-10-30)16-17-5-8-26-23(13-17)29-24-27-20-4-3-18(14-21(20)28-24)19-15-25-7-6-22(19)32-2/h3-8,13-15H,9-12,16H2,1-2H3,(H2,26,27,28,29). The van der Waals surface area contributed by atoms with Crippen molar-refractivity contribution >= 4 is 22.8 Å². The van der Waals surface area contributed by atoms with Gasteiger partial charge in [-0.15, -0.1) is 0 Å². The summed E-state index contributed by atoms with van der Waals surface area (Å²) in [6, 6.07) is 12.1. The minimum atomic E-state index is 0.666. The number of fused-ring (bicyclic) bond motifs is 1. The molecule has 8 nitrogen and oxygen atoms in total.